The Morgan fingerprint density at radius 1 is 1.25 bits per heavy atom. The van der Waals surface area contributed by atoms with Crippen molar-refractivity contribution in [3.63, 3.8) is 0 Å². The van der Waals surface area contributed by atoms with Gasteiger partial charge in [0.25, 0.3) is 0 Å². The van der Waals surface area contributed by atoms with Crippen LogP contribution < -0.4 is 0 Å². The van der Waals surface area contributed by atoms with Crippen LogP contribution in [-0.4, -0.2) is 29.0 Å². The number of halogens is 1. The molecule has 0 heterocycles. The quantitative estimate of drug-likeness (QED) is 0.577. The standard InChI is InChI=1S/C11H19BrO4/c1-5-9(13)15-8(7-12)6-10(14)16-11(2,3)4/h8H,5-7H2,1-4H3. The minimum atomic E-state index is -0.511. The Morgan fingerprint density at radius 3 is 2.19 bits per heavy atom. The van der Waals surface area contributed by atoms with Gasteiger partial charge in [-0.25, -0.2) is 0 Å². The van der Waals surface area contributed by atoms with Crippen LogP contribution in [0.2, 0.25) is 0 Å². The summed E-state index contributed by atoms with van der Waals surface area (Å²) in [5.41, 5.74) is -0.511. The lowest BCUT2D eigenvalue weighted by Gasteiger charge is -2.21. The normalized spacial score (nSPS) is 13.1. The van der Waals surface area contributed by atoms with Gasteiger partial charge >= 0.3 is 11.9 Å². The van der Waals surface area contributed by atoms with Crippen LogP contribution in [0.15, 0.2) is 0 Å². The van der Waals surface area contributed by atoms with Crippen molar-refractivity contribution in [3.05, 3.63) is 0 Å². The van der Waals surface area contributed by atoms with Gasteiger partial charge in [0.15, 0.2) is 0 Å². The van der Waals surface area contributed by atoms with E-state index < -0.39 is 11.7 Å². The number of alkyl halides is 1. The highest BCUT2D eigenvalue weighted by molar-refractivity contribution is 9.09. The summed E-state index contributed by atoms with van der Waals surface area (Å²) in [5.74, 6) is -0.672. The summed E-state index contributed by atoms with van der Waals surface area (Å²) in [4.78, 5) is 22.5. The molecule has 0 aromatic rings. The number of rotatable bonds is 5. The second-order valence-electron chi connectivity index (χ2n) is 4.41. The summed E-state index contributed by atoms with van der Waals surface area (Å²) in [6.45, 7) is 7.10. The van der Waals surface area contributed by atoms with E-state index in [0.29, 0.717) is 11.8 Å². The smallest absolute Gasteiger partial charge is 0.310 e. The molecule has 0 amide bonds. The maximum absolute atomic E-state index is 11.5. The second-order valence-corrected chi connectivity index (χ2v) is 5.06. The zero-order chi connectivity index (χ0) is 12.8. The number of carbonyl (C=O) groups is 2. The fraction of sp³-hybridized carbons (Fsp3) is 0.818. The first-order valence-corrected chi connectivity index (χ1v) is 6.38. The first-order valence-electron chi connectivity index (χ1n) is 5.25. The summed E-state index contributed by atoms with van der Waals surface area (Å²) in [6, 6.07) is 0. The molecular formula is C11H19BrO4. The van der Waals surface area contributed by atoms with Crippen LogP contribution in [-0.2, 0) is 19.1 Å². The van der Waals surface area contributed by atoms with Crippen molar-refractivity contribution in [1.82, 2.24) is 0 Å². The Hall–Kier alpha value is -0.580. The SMILES string of the molecule is CCC(=O)OC(CBr)CC(=O)OC(C)(C)C. The monoisotopic (exact) mass is 294 g/mol. The number of carbonyl (C=O) groups excluding carboxylic acids is 2. The molecule has 1 unspecified atom stereocenters. The van der Waals surface area contributed by atoms with Crippen LogP contribution in [0.25, 0.3) is 0 Å². The van der Waals surface area contributed by atoms with Gasteiger partial charge in [-0.15, -0.1) is 0 Å². The van der Waals surface area contributed by atoms with Gasteiger partial charge in [-0.1, -0.05) is 22.9 Å². The van der Waals surface area contributed by atoms with E-state index in [0.717, 1.165) is 0 Å². The lowest BCUT2D eigenvalue weighted by molar-refractivity contribution is -0.160. The molecule has 0 aromatic carbocycles. The molecule has 0 spiro atoms. The van der Waals surface area contributed by atoms with Gasteiger partial charge in [0.2, 0.25) is 0 Å². The lowest BCUT2D eigenvalue weighted by atomic mass is 10.2. The molecule has 0 fully saturated rings. The first kappa shape index (κ1) is 15.4. The van der Waals surface area contributed by atoms with Crippen LogP contribution in [0.3, 0.4) is 0 Å². The number of ether oxygens (including phenoxy) is 2. The van der Waals surface area contributed by atoms with Crippen molar-refractivity contribution in [2.24, 2.45) is 0 Å². The van der Waals surface area contributed by atoms with Gasteiger partial charge in [0, 0.05) is 11.8 Å². The lowest BCUT2D eigenvalue weighted by Crippen LogP contribution is -2.29. The topological polar surface area (TPSA) is 52.6 Å². The molecule has 0 aliphatic carbocycles. The van der Waals surface area contributed by atoms with Crippen molar-refractivity contribution in [3.8, 4) is 0 Å². The van der Waals surface area contributed by atoms with Crippen LogP contribution in [0, 0.1) is 0 Å². The van der Waals surface area contributed by atoms with Crippen LogP contribution in [0.4, 0.5) is 0 Å². The minimum absolute atomic E-state index is 0.0776. The summed E-state index contributed by atoms with van der Waals surface area (Å²) < 4.78 is 10.2. The van der Waals surface area contributed by atoms with Crippen molar-refractivity contribution >= 4 is 27.9 Å². The van der Waals surface area contributed by atoms with Gasteiger partial charge in [0.05, 0.1) is 6.42 Å². The molecule has 16 heavy (non-hydrogen) atoms. The largest absolute Gasteiger partial charge is 0.461 e. The van der Waals surface area contributed by atoms with Crippen molar-refractivity contribution in [2.45, 2.75) is 52.2 Å². The maximum Gasteiger partial charge on any atom is 0.310 e. The molecule has 0 saturated carbocycles. The predicted molar refractivity (Wildman–Crippen MR) is 64.4 cm³/mol. The second kappa shape index (κ2) is 6.89. The summed E-state index contributed by atoms with van der Waals surface area (Å²) in [7, 11) is 0. The highest BCUT2D eigenvalue weighted by Gasteiger charge is 2.21. The third-order valence-electron chi connectivity index (χ3n) is 1.57. The van der Waals surface area contributed by atoms with E-state index in [1.54, 1.807) is 27.7 Å². The van der Waals surface area contributed by atoms with Gasteiger partial charge in [-0.3, -0.25) is 9.59 Å². The zero-order valence-electron chi connectivity index (χ0n) is 10.2. The van der Waals surface area contributed by atoms with Crippen molar-refractivity contribution in [2.75, 3.05) is 5.33 Å². The molecule has 0 saturated heterocycles. The molecule has 4 nitrogen and oxygen atoms in total. The molecule has 5 heteroatoms. The molecular weight excluding hydrogens is 276 g/mol. The average Bonchev–Trinajstić information content (AvgIpc) is 2.13. The molecule has 94 valence electrons. The Morgan fingerprint density at radius 2 is 1.81 bits per heavy atom. The van der Waals surface area contributed by atoms with E-state index in [9.17, 15) is 9.59 Å². The van der Waals surface area contributed by atoms with Crippen molar-refractivity contribution in [1.29, 1.82) is 0 Å². The predicted octanol–water partition coefficient (Wildman–Crippen LogP) is 2.43. The third kappa shape index (κ3) is 7.68. The van der Waals surface area contributed by atoms with E-state index in [-0.39, 0.29) is 18.4 Å². The fourth-order valence-corrected chi connectivity index (χ4v) is 1.33. The molecule has 0 aliphatic rings. The number of hydrogen-bond acceptors (Lipinski definition) is 4. The number of esters is 2. The van der Waals surface area contributed by atoms with Crippen LogP contribution >= 0.6 is 15.9 Å². The van der Waals surface area contributed by atoms with E-state index >= 15 is 0 Å². The highest BCUT2D eigenvalue weighted by Crippen LogP contribution is 2.12. The van der Waals surface area contributed by atoms with E-state index in [4.69, 9.17) is 9.47 Å². The van der Waals surface area contributed by atoms with Gasteiger partial charge in [-0.05, 0) is 20.8 Å². The third-order valence-corrected chi connectivity index (χ3v) is 2.30. The summed E-state index contributed by atoms with van der Waals surface area (Å²) >= 11 is 3.20. The first-order chi connectivity index (χ1) is 7.28. The highest BCUT2D eigenvalue weighted by atomic mass is 79.9. The van der Waals surface area contributed by atoms with E-state index in [1.807, 2.05) is 0 Å². The maximum atomic E-state index is 11.5. The van der Waals surface area contributed by atoms with E-state index in [1.165, 1.54) is 0 Å². The molecule has 1 atom stereocenters. The Bertz CT molecular complexity index is 245. The molecule has 0 N–H and O–H groups in total. The van der Waals surface area contributed by atoms with Crippen molar-refractivity contribution < 1.29 is 19.1 Å². The van der Waals surface area contributed by atoms with Gasteiger partial charge in [0.1, 0.15) is 11.7 Å². The van der Waals surface area contributed by atoms with Crippen LogP contribution in [0.1, 0.15) is 40.5 Å². The van der Waals surface area contributed by atoms with Crippen LogP contribution in [0.5, 0.6) is 0 Å². The minimum Gasteiger partial charge on any atom is -0.461 e. The molecule has 0 rings (SSSR count). The number of hydrogen-bond donors (Lipinski definition) is 0. The molecule has 0 aliphatic heterocycles. The fourth-order valence-electron chi connectivity index (χ4n) is 0.966. The molecule has 0 bridgehead atoms. The van der Waals surface area contributed by atoms with E-state index in [2.05, 4.69) is 15.9 Å². The zero-order valence-corrected chi connectivity index (χ0v) is 11.8. The summed E-state index contributed by atoms with van der Waals surface area (Å²) in [5, 5.41) is 0.429. The average molecular weight is 295 g/mol. The summed E-state index contributed by atoms with van der Waals surface area (Å²) in [6.07, 6.45) is -0.0752. The van der Waals surface area contributed by atoms with Gasteiger partial charge < -0.3 is 9.47 Å². The Kier molecular flexibility index (Phi) is 6.64. The molecule has 0 radical (unpaired) electrons. The Balaban J connectivity index is 4.12. The Labute approximate surface area is 105 Å². The molecule has 0 aromatic heterocycles. The van der Waals surface area contributed by atoms with Gasteiger partial charge in [-0.2, -0.15) is 0 Å².